The summed E-state index contributed by atoms with van der Waals surface area (Å²) in [5, 5.41) is 2.45. The summed E-state index contributed by atoms with van der Waals surface area (Å²) in [4.78, 5) is 25.3. The molecule has 1 aromatic rings. The van der Waals surface area contributed by atoms with Crippen LogP contribution < -0.4 is 15.0 Å². The van der Waals surface area contributed by atoms with Crippen molar-refractivity contribution >= 4 is 17.7 Å². The number of benzene rings is 1. The van der Waals surface area contributed by atoms with Crippen LogP contribution in [0.15, 0.2) is 18.2 Å². The van der Waals surface area contributed by atoms with E-state index in [1.807, 2.05) is 0 Å². The molecule has 0 fully saturated rings. The van der Waals surface area contributed by atoms with Crippen molar-refractivity contribution < 1.29 is 23.5 Å². The van der Waals surface area contributed by atoms with Gasteiger partial charge in [0.25, 0.3) is 5.91 Å². The van der Waals surface area contributed by atoms with E-state index in [1.165, 1.54) is 19.2 Å². The van der Waals surface area contributed by atoms with Gasteiger partial charge in [-0.2, -0.15) is 0 Å². The van der Waals surface area contributed by atoms with Crippen molar-refractivity contribution in [2.45, 2.75) is 32.4 Å². The Kier molecular flexibility index (Phi) is 4.25. The highest BCUT2D eigenvalue weighted by Gasteiger charge is 2.33. The first-order chi connectivity index (χ1) is 10.2. The molecule has 1 aliphatic rings. The lowest BCUT2D eigenvalue weighted by atomic mass is 10.2. The van der Waals surface area contributed by atoms with E-state index in [2.05, 4.69) is 5.32 Å². The van der Waals surface area contributed by atoms with Gasteiger partial charge in [0.2, 0.25) is 0 Å². The molecule has 0 radical (unpaired) electrons. The lowest BCUT2D eigenvalue weighted by molar-refractivity contribution is -0.120. The van der Waals surface area contributed by atoms with Gasteiger partial charge in [-0.05, 0) is 32.9 Å². The number of para-hydroxylation sites is 1. The average Bonchev–Trinajstić information content (AvgIpc) is 2.50. The number of nitrogens with one attached hydrogen (secondary N) is 1. The molecule has 1 heterocycles. The number of amides is 2. The molecule has 0 aliphatic carbocycles. The number of nitrogens with zero attached hydrogens (tertiary/aromatic N) is 1. The quantitative estimate of drug-likeness (QED) is 0.862. The van der Waals surface area contributed by atoms with Crippen molar-refractivity contribution in [3.05, 3.63) is 24.0 Å². The van der Waals surface area contributed by atoms with Crippen LogP contribution in [0.5, 0.6) is 5.75 Å². The first-order valence-electron chi connectivity index (χ1n) is 6.87. The lowest BCUT2D eigenvalue weighted by Crippen LogP contribution is -2.50. The zero-order valence-corrected chi connectivity index (χ0v) is 13.0. The maximum atomic E-state index is 13.9. The van der Waals surface area contributed by atoms with E-state index in [-0.39, 0.29) is 18.0 Å². The molecule has 2 rings (SSSR count). The van der Waals surface area contributed by atoms with E-state index in [0.29, 0.717) is 0 Å². The van der Waals surface area contributed by atoms with Gasteiger partial charge in [0, 0.05) is 7.05 Å². The second kappa shape index (κ2) is 5.82. The van der Waals surface area contributed by atoms with Crippen LogP contribution in [0.1, 0.15) is 20.8 Å². The maximum Gasteiger partial charge on any atom is 0.408 e. The Balaban J connectivity index is 2.17. The molecule has 120 valence electrons. The van der Waals surface area contributed by atoms with Gasteiger partial charge < -0.3 is 19.7 Å². The van der Waals surface area contributed by atoms with Gasteiger partial charge in [0.15, 0.2) is 5.82 Å². The van der Waals surface area contributed by atoms with Gasteiger partial charge in [0.1, 0.15) is 29.7 Å². The van der Waals surface area contributed by atoms with Crippen LogP contribution in [-0.4, -0.2) is 37.3 Å². The van der Waals surface area contributed by atoms with Crippen LogP contribution in [0.3, 0.4) is 0 Å². The third kappa shape index (κ3) is 3.47. The number of carbonyl (C=O) groups is 2. The van der Waals surface area contributed by atoms with Crippen molar-refractivity contribution in [2.75, 3.05) is 18.6 Å². The van der Waals surface area contributed by atoms with Gasteiger partial charge in [-0.1, -0.05) is 6.07 Å². The highest BCUT2D eigenvalue weighted by Crippen LogP contribution is 2.32. The first kappa shape index (κ1) is 16.1. The highest BCUT2D eigenvalue weighted by atomic mass is 19.1. The smallest absolute Gasteiger partial charge is 0.408 e. The molecule has 1 unspecified atom stereocenters. The fraction of sp³-hybridized carbons (Fsp3) is 0.467. The van der Waals surface area contributed by atoms with E-state index in [1.54, 1.807) is 26.8 Å². The fourth-order valence-electron chi connectivity index (χ4n) is 2.08. The summed E-state index contributed by atoms with van der Waals surface area (Å²) in [6.07, 6.45) is -0.728. The number of carbonyl (C=O) groups excluding carboxylic acids is 2. The Labute approximate surface area is 128 Å². The van der Waals surface area contributed by atoms with Crippen LogP contribution in [0.25, 0.3) is 0 Å². The Hall–Kier alpha value is -2.31. The van der Waals surface area contributed by atoms with Crippen molar-refractivity contribution in [2.24, 2.45) is 0 Å². The first-order valence-corrected chi connectivity index (χ1v) is 6.87. The monoisotopic (exact) mass is 310 g/mol. The molecule has 22 heavy (non-hydrogen) atoms. The molecular formula is C15H19FN2O4. The minimum atomic E-state index is -0.952. The molecule has 0 aromatic heterocycles. The molecular weight excluding hydrogens is 291 g/mol. The van der Waals surface area contributed by atoms with Crippen molar-refractivity contribution in [3.63, 3.8) is 0 Å². The van der Waals surface area contributed by atoms with E-state index in [9.17, 15) is 14.0 Å². The molecule has 1 N–H and O–H groups in total. The number of fused-ring (bicyclic) bond motifs is 1. The molecule has 0 spiro atoms. The molecule has 6 nitrogen and oxygen atoms in total. The summed E-state index contributed by atoms with van der Waals surface area (Å²) in [5.74, 6) is -0.787. The normalized spacial score (nSPS) is 18.1. The van der Waals surface area contributed by atoms with E-state index in [0.717, 1.165) is 4.90 Å². The van der Waals surface area contributed by atoms with Gasteiger partial charge in [-0.3, -0.25) is 4.79 Å². The van der Waals surface area contributed by atoms with Crippen LogP contribution in [0, 0.1) is 5.82 Å². The Morgan fingerprint density at radius 2 is 2.14 bits per heavy atom. The second-order valence-electron chi connectivity index (χ2n) is 5.99. The summed E-state index contributed by atoms with van der Waals surface area (Å²) in [7, 11) is 1.43. The SMILES string of the molecule is CN1C(=O)C(NC(=O)OC(C)(C)C)COc2cccc(F)c21. The number of anilines is 1. The van der Waals surface area contributed by atoms with Crippen LogP contribution in [0.4, 0.5) is 14.9 Å². The third-order valence-electron chi connectivity index (χ3n) is 3.01. The minimum absolute atomic E-state index is 0.0565. The average molecular weight is 310 g/mol. The van der Waals surface area contributed by atoms with Crippen molar-refractivity contribution in [3.8, 4) is 5.75 Å². The number of hydrogen-bond donors (Lipinski definition) is 1. The van der Waals surface area contributed by atoms with Crippen molar-refractivity contribution in [1.29, 1.82) is 0 Å². The maximum absolute atomic E-state index is 13.9. The van der Waals surface area contributed by atoms with Gasteiger partial charge in [0.05, 0.1) is 0 Å². The number of halogens is 1. The molecule has 1 atom stereocenters. The molecule has 7 heteroatoms. The van der Waals surface area contributed by atoms with E-state index in [4.69, 9.17) is 9.47 Å². The van der Waals surface area contributed by atoms with Crippen molar-refractivity contribution in [1.82, 2.24) is 5.32 Å². The molecule has 0 saturated heterocycles. The van der Waals surface area contributed by atoms with Crippen LogP contribution in [0.2, 0.25) is 0 Å². The summed E-state index contributed by atoms with van der Waals surface area (Å²) in [6, 6.07) is 3.35. The number of alkyl carbamates (subject to hydrolysis) is 1. The standard InChI is InChI=1S/C15H19FN2O4/c1-15(2,3)22-14(20)17-10-8-21-11-7-5-6-9(16)12(11)18(4)13(10)19/h5-7,10H,8H2,1-4H3,(H,17,20). The molecule has 2 amide bonds. The second-order valence-corrected chi connectivity index (χ2v) is 5.99. The molecule has 0 saturated carbocycles. The number of likely N-dealkylation sites (N-methyl/N-ethyl adjacent to an activating group) is 1. The van der Waals surface area contributed by atoms with Gasteiger partial charge >= 0.3 is 6.09 Å². The Morgan fingerprint density at radius 3 is 2.77 bits per heavy atom. The van der Waals surface area contributed by atoms with Gasteiger partial charge in [-0.25, -0.2) is 9.18 Å². The van der Waals surface area contributed by atoms with E-state index < -0.39 is 29.5 Å². The minimum Gasteiger partial charge on any atom is -0.489 e. The topological polar surface area (TPSA) is 67.9 Å². The lowest BCUT2D eigenvalue weighted by Gasteiger charge is -2.23. The molecule has 0 bridgehead atoms. The number of ether oxygens (including phenoxy) is 2. The van der Waals surface area contributed by atoms with Gasteiger partial charge in [-0.15, -0.1) is 0 Å². The Morgan fingerprint density at radius 1 is 1.45 bits per heavy atom. The summed E-state index contributed by atoms with van der Waals surface area (Å²) in [6.45, 7) is 5.05. The highest BCUT2D eigenvalue weighted by molar-refractivity contribution is 6.00. The zero-order valence-electron chi connectivity index (χ0n) is 13.0. The zero-order chi connectivity index (χ0) is 16.5. The summed E-state index contributed by atoms with van der Waals surface area (Å²) in [5.41, 5.74) is -0.624. The van der Waals surface area contributed by atoms with Crippen LogP contribution >= 0.6 is 0 Å². The molecule has 1 aromatic carbocycles. The number of hydrogen-bond acceptors (Lipinski definition) is 4. The third-order valence-corrected chi connectivity index (χ3v) is 3.01. The Bertz CT molecular complexity index is 598. The predicted molar refractivity (Wildman–Crippen MR) is 78.5 cm³/mol. The largest absolute Gasteiger partial charge is 0.489 e. The van der Waals surface area contributed by atoms with E-state index >= 15 is 0 Å². The predicted octanol–water partition coefficient (Wildman–Crippen LogP) is 2.07. The summed E-state index contributed by atoms with van der Waals surface area (Å²) >= 11 is 0. The molecule has 1 aliphatic heterocycles. The fourth-order valence-corrected chi connectivity index (χ4v) is 2.08. The summed E-state index contributed by atoms with van der Waals surface area (Å²) < 4.78 is 24.5. The van der Waals surface area contributed by atoms with Crippen LogP contribution in [-0.2, 0) is 9.53 Å². The number of rotatable bonds is 1.